The summed E-state index contributed by atoms with van der Waals surface area (Å²) < 4.78 is 2.12. The number of allylic oxidation sites excluding steroid dienone is 1. The van der Waals surface area contributed by atoms with Gasteiger partial charge in [0.2, 0.25) is 0 Å². The molecule has 0 saturated heterocycles. The van der Waals surface area contributed by atoms with Crippen LogP contribution in [0.4, 0.5) is 0 Å². The fourth-order valence-corrected chi connectivity index (χ4v) is 11.5. The predicted octanol–water partition coefficient (Wildman–Crippen LogP) is 7.19. The molecule has 0 spiro atoms. The van der Waals surface area contributed by atoms with Crippen molar-refractivity contribution in [2.24, 2.45) is 0 Å². The molecule has 0 radical (unpaired) electrons. The van der Waals surface area contributed by atoms with Crippen molar-refractivity contribution in [3.05, 3.63) is 155 Å². The van der Waals surface area contributed by atoms with Crippen molar-refractivity contribution in [3.63, 3.8) is 0 Å². The molecular weight excluding hydrogens is 487 g/mol. The van der Waals surface area contributed by atoms with Gasteiger partial charge in [-0.25, -0.2) is 0 Å². The molecule has 2 heteroatoms. The summed E-state index contributed by atoms with van der Waals surface area (Å²) in [7, 11) is -0.594. The van der Waals surface area contributed by atoms with Gasteiger partial charge in [-0.3, -0.25) is 0 Å². The third-order valence-corrected chi connectivity index (χ3v) is 12.9. The number of fused-ring (bicyclic) bond motifs is 4. The van der Waals surface area contributed by atoms with Gasteiger partial charge in [0.15, 0.2) is 0 Å². The van der Waals surface area contributed by atoms with Gasteiger partial charge in [0, 0.05) is 0 Å². The van der Waals surface area contributed by atoms with Crippen LogP contribution in [0.3, 0.4) is 0 Å². The molecule has 0 saturated carbocycles. The van der Waals surface area contributed by atoms with Crippen LogP contribution < -0.4 is 14.5 Å². The van der Waals surface area contributed by atoms with Crippen LogP contribution in [0.25, 0.3) is 17.2 Å². The van der Waals surface area contributed by atoms with Gasteiger partial charge in [0.1, 0.15) is 0 Å². The van der Waals surface area contributed by atoms with Crippen molar-refractivity contribution >= 4 is 28.5 Å². The molecule has 0 aliphatic heterocycles. The SMILES string of the molecule is C1=C(P(c2ccccc2)c2ccccc2)[CH]([Ti][c]2cccc3c2Cc2ccccc2-3)c2ccccc21. The first-order valence-corrected chi connectivity index (χ1v) is 15.6. The van der Waals surface area contributed by atoms with E-state index in [4.69, 9.17) is 0 Å². The van der Waals surface area contributed by atoms with Gasteiger partial charge in [0.25, 0.3) is 0 Å². The Morgan fingerprint density at radius 2 is 1.22 bits per heavy atom. The number of hydrogen-bond acceptors (Lipinski definition) is 0. The standard InChI is InChI=1S/C21H16P.C13H9.Ti/c1-3-11-19(12-4-1)22(20-13-5-2-6-14-20)21-15-17-9-7-8-10-18(17)16-21;1-3-7-12-10(5-1)9-11-6-2-4-8-13(11)12;/h1-16H;1-5,7-8H,9H2;. The van der Waals surface area contributed by atoms with Gasteiger partial charge in [-0.15, -0.1) is 0 Å². The molecule has 7 rings (SSSR count). The van der Waals surface area contributed by atoms with Crippen LogP contribution in [-0.4, -0.2) is 0 Å². The van der Waals surface area contributed by atoms with Crippen molar-refractivity contribution in [2.75, 3.05) is 0 Å². The van der Waals surface area contributed by atoms with E-state index in [-0.39, 0.29) is 0 Å². The maximum absolute atomic E-state index is 2.53. The molecule has 1 unspecified atom stereocenters. The molecule has 0 bridgehead atoms. The molecule has 1 atom stereocenters. The van der Waals surface area contributed by atoms with Gasteiger partial charge in [-0.05, 0) is 0 Å². The maximum atomic E-state index is 2.53. The molecule has 0 heterocycles. The van der Waals surface area contributed by atoms with Crippen LogP contribution in [0.2, 0.25) is 0 Å². The molecular formula is C34H25PTi. The van der Waals surface area contributed by atoms with Crippen LogP contribution in [0, 0.1) is 0 Å². The Hall–Kier alpha value is -3.02. The van der Waals surface area contributed by atoms with Crippen LogP contribution >= 0.6 is 7.92 Å². The third kappa shape index (κ3) is 3.86. The summed E-state index contributed by atoms with van der Waals surface area (Å²) in [6.07, 6.45) is 3.61. The van der Waals surface area contributed by atoms with Gasteiger partial charge < -0.3 is 0 Å². The summed E-state index contributed by atoms with van der Waals surface area (Å²) in [6.45, 7) is 0. The zero-order valence-electron chi connectivity index (χ0n) is 19.9. The fraction of sp³-hybridized carbons (Fsp3) is 0.0588. The van der Waals surface area contributed by atoms with Crippen molar-refractivity contribution in [1.82, 2.24) is 0 Å². The van der Waals surface area contributed by atoms with E-state index < -0.39 is 27.1 Å². The van der Waals surface area contributed by atoms with Gasteiger partial charge in [-0.2, -0.15) is 0 Å². The van der Waals surface area contributed by atoms with E-state index >= 15 is 0 Å². The Balaban J connectivity index is 1.35. The Labute approximate surface area is 223 Å². The van der Waals surface area contributed by atoms with Crippen molar-refractivity contribution in [2.45, 2.75) is 10.6 Å². The molecule has 5 aromatic rings. The fourth-order valence-electron chi connectivity index (χ4n) is 5.70. The first kappa shape index (κ1) is 22.2. The second-order valence-electron chi connectivity index (χ2n) is 9.45. The average Bonchev–Trinajstić information content (AvgIpc) is 3.49. The zero-order chi connectivity index (χ0) is 23.9. The molecule has 0 aromatic heterocycles. The van der Waals surface area contributed by atoms with Crippen molar-refractivity contribution < 1.29 is 19.2 Å². The Kier molecular flexibility index (Phi) is 5.83. The van der Waals surface area contributed by atoms with Crippen molar-refractivity contribution in [1.29, 1.82) is 0 Å². The topological polar surface area (TPSA) is 0 Å². The van der Waals surface area contributed by atoms with Gasteiger partial charge in [0.05, 0.1) is 0 Å². The molecule has 5 aromatic carbocycles. The van der Waals surface area contributed by atoms with E-state index in [2.05, 4.69) is 133 Å². The van der Waals surface area contributed by atoms with Crippen molar-refractivity contribution in [3.8, 4) is 11.1 Å². The van der Waals surface area contributed by atoms with E-state index in [0.717, 1.165) is 6.42 Å². The summed E-state index contributed by atoms with van der Waals surface area (Å²) in [5.74, 6) is 0. The molecule has 0 nitrogen and oxygen atoms in total. The monoisotopic (exact) mass is 512 g/mol. The molecule has 2 aliphatic rings. The molecule has 0 amide bonds. The van der Waals surface area contributed by atoms with E-state index in [0.29, 0.717) is 4.22 Å². The third-order valence-electron chi connectivity index (χ3n) is 7.34. The Morgan fingerprint density at radius 3 is 2.00 bits per heavy atom. The first-order valence-electron chi connectivity index (χ1n) is 12.5. The minimum atomic E-state index is -0.594. The van der Waals surface area contributed by atoms with E-state index in [1.807, 2.05) is 0 Å². The van der Waals surface area contributed by atoms with Gasteiger partial charge in [-0.1, -0.05) is 0 Å². The summed E-state index contributed by atoms with van der Waals surface area (Å²) >= 11 is -0.465. The quantitative estimate of drug-likeness (QED) is 0.169. The summed E-state index contributed by atoms with van der Waals surface area (Å²) in [5, 5.41) is 4.51. The first-order chi connectivity index (χ1) is 17.9. The predicted molar refractivity (Wildman–Crippen MR) is 151 cm³/mol. The number of hydrogen-bond donors (Lipinski definition) is 0. The van der Waals surface area contributed by atoms with Crippen LogP contribution in [-0.2, 0) is 25.6 Å². The summed E-state index contributed by atoms with van der Waals surface area (Å²) in [4.78, 5) is 0. The molecule has 0 N–H and O–H groups in total. The summed E-state index contributed by atoms with van der Waals surface area (Å²) in [5.41, 5.74) is 8.88. The Bertz CT molecular complexity index is 1550. The normalized spacial score (nSPS) is 15.2. The van der Waals surface area contributed by atoms with E-state index in [9.17, 15) is 0 Å². The van der Waals surface area contributed by atoms with E-state index in [1.165, 1.54) is 38.4 Å². The number of benzene rings is 5. The van der Waals surface area contributed by atoms with E-state index in [1.54, 1.807) is 14.7 Å². The zero-order valence-corrected chi connectivity index (χ0v) is 22.4. The molecule has 0 fully saturated rings. The van der Waals surface area contributed by atoms with Crippen LogP contribution in [0.15, 0.2) is 133 Å². The Morgan fingerprint density at radius 1 is 0.583 bits per heavy atom. The van der Waals surface area contributed by atoms with Crippen LogP contribution in [0.1, 0.15) is 26.5 Å². The molecule has 170 valence electrons. The second kappa shape index (κ2) is 9.46. The molecule has 36 heavy (non-hydrogen) atoms. The average molecular weight is 512 g/mol. The minimum absolute atomic E-state index is 0.465. The van der Waals surface area contributed by atoms with Crippen LogP contribution in [0.5, 0.6) is 0 Å². The number of rotatable bonds is 5. The summed E-state index contributed by atoms with van der Waals surface area (Å²) in [6, 6.07) is 47.5. The van der Waals surface area contributed by atoms with Gasteiger partial charge >= 0.3 is 224 Å². The second-order valence-corrected chi connectivity index (χ2v) is 13.9. The molecule has 2 aliphatic carbocycles.